The number of nitrogens with zero attached hydrogens (tertiary/aromatic N) is 1. The van der Waals surface area contributed by atoms with E-state index in [0.717, 1.165) is 16.5 Å². The second kappa shape index (κ2) is 4.39. The van der Waals surface area contributed by atoms with Crippen LogP contribution in [0, 0.1) is 0 Å². The SMILES string of the molecule is C=CC[C@@H](N)c1cc(N)ncc1Br. The van der Waals surface area contributed by atoms with Gasteiger partial charge in [-0.2, -0.15) is 0 Å². The van der Waals surface area contributed by atoms with Crippen LogP contribution in [0.4, 0.5) is 5.82 Å². The summed E-state index contributed by atoms with van der Waals surface area (Å²) in [6, 6.07) is 1.70. The Morgan fingerprint density at radius 2 is 2.38 bits per heavy atom. The largest absolute Gasteiger partial charge is 0.384 e. The van der Waals surface area contributed by atoms with Gasteiger partial charge in [-0.15, -0.1) is 6.58 Å². The summed E-state index contributed by atoms with van der Waals surface area (Å²) in [7, 11) is 0. The number of hydrogen-bond acceptors (Lipinski definition) is 3. The van der Waals surface area contributed by atoms with E-state index in [1.165, 1.54) is 0 Å². The zero-order valence-corrected chi connectivity index (χ0v) is 8.79. The highest BCUT2D eigenvalue weighted by Gasteiger charge is 2.08. The number of pyridine rings is 1. The number of nitrogen functional groups attached to an aromatic ring is 1. The summed E-state index contributed by atoms with van der Waals surface area (Å²) in [4.78, 5) is 3.93. The lowest BCUT2D eigenvalue weighted by molar-refractivity contribution is 0.736. The van der Waals surface area contributed by atoms with Crippen molar-refractivity contribution in [2.45, 2.75) is 12.5 Å². The Labute approximate surface area is 86.0 Å². The number of halogens is 1. The lowest BCUT2D eigenvalue weighted by Crippen LogP contribution is -2.10. The molecule has 0 spiro atoms. The van der Waals surface area contributed by atoms with E-state index in [2.05, 4.69) is 27.5 Å². The zero-order valence-electron chi connectivity index (χ0n) is 7.20. The average Bonchev–Trinajstić information content (AvgIpc) is 2.09. The summed E-state index contributed by atoms with van der Waals surface area (Å²) >= 11 is 3.37. The van der Waals surface area contributed by atoms with E-state index < -0.39 is 0 Å². The molecule has 70 valence electrons. The van der Waals surface area contributed by atoms with Crippen molar-refractivity contribution in [1.29, 1.82) is 0 Å². The van der Waals surface area contributed by atoms with Gasteiger partial charge in [0.15, 0.2) is 0 Å². The molecular weight excluding hydrogens is 230 g/mol. The maximum Gasteiger partial charge on any atom is 0.123 e. The van der Waals surface area contributed by atoms with E-state index >= 15 is 0 Å². The Morgan fingerprint density at radius 1 is 1.69 bits per heavy atom. The molecule has 3 nitrogen and oxygen atoms in total. The molecular formula is C9H12BrN3. The molecule has 1 rings (SSSR count). The molecule has 1 aromatic rings. The van der Waals surface area contributed by atoms with E-state index in [9.17, 15) is 0 Å². The maximum absolute atomic E-state index is 5.89. The summed E-state index contributed by atoms with van der Waals surface area (Å²) in [5, 5.41) is 0. The predicted octanol–water partition coefficient (Wildman–Crippen LogP) is 2.00. The second-order valence-electron chi connectivity index (χ2n) is 2.76. The van der Waals surface area contributed by atoms with E-state index in [0.29, 0.717) is 5.82 Å². The molecule has 0 aliphatic heterocycles. The average molecular weight is 242 g/mol. The van der Waals surface area contributed by atoms with E-state index in [1.54, 1.807) is 18.3 Å². The molecule has 0 bridgehead atoms. The van der Waals surface area contributed by atoms with Crippen LogP contribution in [0.3, 0.4) is 0 Å². The molecule has 0 aliphatic rings. The molecule has 4 N–H and O–H groups in total. The topological polar surface area (TPSA) is 64.9 Å². The number of rotatable bonds is 3. The third-order valence-electron chi connectivity index (χ3n) is 1.73. The first kappa shape index (κ1) is 10.2. The van der Waals surface area contributed by atoms with Crippen LogP contribution in [0.25, 0.3) is 0 Å². The molecule has 1 aromatic heterocycles. The Balaban J connectivity index is 2.97. The van der Waals surface area contributed by atoms with Crippen LogP contribution in [-0.4, -0.2) is 4.98 Å². The van der Waals surface area contributed by atoms with Crippen molar-refractivity contribution in [2.75, 3.05) is 5.73 Å². The van der Waals surface area contributed by atoms with Crippen LogP contribution in [-0.2, 0) is 0 Å². The molecule has 4 heteroatoms. The van der Waals surface area contributed by atoms with Gasteiger partial charge in [-0.05, 0) is 34.0 Å². The summed E-state index contributed by atoms with van der Waals surface area (Å²) in [6.45, 7) is 3.64. The van der Waals surface area contributed by atoms with Gasteiger partial charge < -0.3 is 11.5 Å². The van der Waals surface area contributed by atoms with Crippen LogP contribution in [0.5, 0.6) is 0 Å². The molecule has 13 heavy (non-hydrogen) atoms. The first-order chi connectivity index (χ1) is 6.15. The number of hydrogen-bond donors (Lipinski definition) is 2. The smallest absolute Gasteiger partial charge is 0.123 e. The fourth-order valence-electron chi connectivity index (χ4n) is 1.06. The highest BCUT2D eigenvalue weighted by atomic mass is 79.9. The van der Waals surface area contributed by atoms with Gasteiger partial charge in [0, 0.05) is 16.7 Å². The fraction of sp³-hybridized carbons (Fsp3) is 0.222. The van der Waals surface area contributed by atoms with Crippen molar-refractivity contribution in [3.05, 3.63) is 35.0 Å². The van der Waals surface area contributed by atoms with Crippen molar-refractivity contribution >= 4 is 21.7 Å². The molecule has 0 aliphatic carbocycles. The number of aromatic nitrogens is 1. The number of anilines is 1. The zero-order chi connectivity index (χ0) is 9.84. The van der Waals surface area contributed by atoms with Crippen LogP contribution in [0.15, 0.2) is 29.4 Å². The summed E-state index contributed by atoms with van der Waals surface area (Å²) in [5.41, 5.74) is 12.4. The van der Waals surface area contributed by atoms with E-state index in [4.69, 9.17) is 11.5 Å². The normalized spacial score (nSPS) is 12.5. The van der Waals surface area contributed by atoms with Gasteiger partial charge in [0.05, 0.1) is 0 Å². The predicted molar refractivity (Wildman–Crippen MR) is 58.1 cm³/mol. The van der Waals surface area contributed by atoms with Crippen molar-refractivity contribution in [2.24, 2.45) is 5.73 Å². The molecule has 0 saturated carbocycles. The van der Waals surface area contributed by atoms with Gasteiger partial charge in [-0.25, -0.2) is 4.98 Å². The maximum atomic E-state index is 5.89. The standard InChI is InChI=1S/C9H12BrN3/c1-2-3-8(11)6-4-9(12)13-5-7(6)10/h2,4-5,8H,1,3,11H2,(H2,12,13)/t8-/m1/s1. The van der Waals surface area contributed by atoms with Gasteiger partial charge in [0.25, 0.3) is 0 Å². The van der Waals surface area contributed by atoms with Gasteiger partial charge >= 0.3 is 0 Å². The van der Waals surface area contributed by atoms with Crippen molar-refractivity contribution < 1.29 is 0 Å². The molecule has 0 aromatic carbocycles. The first-order valence-corrected chi connectivity index (χ1v) is 4.72. The highest BCUT2D eigenvalue weighted by Crippen LogP contribution is 2.24. The molecule has 0 fully saturated rings. The van der Waals surface area contributed by atoms with E-state index in [1.807, 2.05) is 0 Å². The molecule has 0 saturated heterocycles. The van der Waals surface area contributed by atoms with Crippen LogP contribution in [0.2, 0.25) is 0 Å². The minimum atomic E-state index is -0.0721. The van der Waals surface area contributed by atoms with Crippen molar-refractivity contribution in [3.63, 3.8) is 0 Å². The Kier molecular flexibility index (Phi) is 3.45. The summed E-state index contributed by atoms with van der Waals surface area (Å²) in [5.74, 6) is 0.484. The van der Waals surface area contributed by atoms with Gasteiger partial charge in [0.2, 0.25) is 0 Å². The van der Waals surface area contributed by atoms with Crippen LogP contribution >= 0.6 is 15.9 Å². The highest BCUT2D eigenvalue weighted by molar-refractivity contribution is 9.10. The van der Waals surface area contributed by atoms with Crippen LogP contribution < -0.4 is 11.5 Å². The van der Waals surface area contributed by atoms with Gasteiger partial charge in [0.1, 0.15) is 5.82 Å². The molecule has 0 unspecified atom stereocenters. The summed E-state index contributed by atoms with van der Waals surface area (Å²) in [6.07, 6.45) is 4.17. The Hall–Kier alpha value is -0.870. The molecule has 1 atom stereocenters. The lowest BCUT2D eigenvalue weighted by Gasteiger charge is -2.11. The fourth-order valence-corrected chi connectivity index (χ4v) is 1.57. The summed E-state index contributed by atoms with van der Waals surface area (Å²) < 4.78 is 0.885. The third kappa shape index (κ3) is 2.54. The third-order valence-corrected chi connectivity index (χ3v) is 2.39. The minimum Gasteiger partial charge on any atom is -0.384 e. The van der Waals surface area contributed by atoms with Crippen molar-refractivity contribution in [3.8, 4) is 0 Å². The first-order valence-electron chi connectivity index (χ1n) is 3.92. The van der Waals surface area contributed by atoms with Gasteiger partial charge in [-0.1, -0.05) is 6.08 Å². The monoisotopic (exact) mass is 241 g/mol. The quantitative estimate of drug-likeness (QED) is 0.796. The Morgan fingerprint density at radius 3 is 3.00 bits per heavy atom. The van der Waals surface area contributed by atoms with Crippen LogP contribution in [0.1, 0.15) is 18.0 Å². The van der Waals surface area contributed by atoms with E-state index in [-0.39, 0.29) is 6.04 Å². The Bertz CT molecular complexity index is 312. The van der Waals surface area contributed by atoms with Gasteiger partial charge in [-0.3, -0.25) is 0 Å². The molecule has 0 radical (unpaired) electrons. The minimum absolute atomic E-state index is 0.0721. The van der Waals surface area contributed by atoms with Crippen molar-refractivity contribution in [1.82, 2.24) is 4.98 Å². The number of nitrogens with two attached hydrogens (primary N) is 2. The lowest BCUT2D eigenvalue weighted by atomic mass is 10.1. The molecule has 1 heterocycles. The molecule has 0 amide bonds. The second-order valence-corrected chi connectivity index (χ2v) is 3.62.